The largest absolute Gasteiger partial charge is 0.507 e. The Morgan fingerprint density at radius 3 is 2.89 bits per heavy atom. The third-order valence-electron chi connectivity index (χ3n) is 3.85. The van der Waals surface area contributed by atoms with Gasteiger partial charge in [0.25, 0.3) is 0 Å². The average Bonchev–Trinajstić information content (AvgIpc) is 3.24. The van der Waals surface area contributed by atoms with Gasteiger partial charge >= 0.3 is 5.91 Å². The predicted molar refractivity (Wildman–Crippen MR) is 91.2 cm³/mol. The summed E-state index contributed by atoms with van der Waals surface area (Å²) in [6.45, 7) is -0.484. The fraction of sp³-hybridized carbons (Fsp3) is 0.333. The van der Waals surface area contributed by atoms with E-state index in [0.717, 1.165) is 11.0 Å². The van der Waals surface area contributed by atoms with Crippen molar-refractivity contribution in [2.75, 3.05) is 6.61 Å². The number of phenols is 1. The molecule has 0 aliphatic carbocycles. The molecule has 3 rings (SSSR count). The van der Waals surface area contributed by atoms with Gasteiger partial charge in [0.2, 0.25) is 5.82 Å². The van der Waals surface area contributed by atoms with Gasteiger partial charge in [0.15, 0.2) is 6.23 Å². The van der Waals surface area contributed by atoms with Gasteiger partial charge in [0, 0.05) is 10.6 Å². The number of aliphatic hydroxyl groups is 3. The van der Waals surface area contributed by atoms with Crippen molar-refractivity contribution in [1.29, 1.82) is 0 Å². The number of benzene rings is 1. The first-order valence-corrected chi connectivity index (χ1v) is 8.14. The molecule has 4 atom stereocenters. The van der Waals surface area contributed by atoms with Gasteiger partial charge < -0.3 is 25.2 Å². The number of rotatable bonds is 5. The maximum absolute atomic E-state index is 12.0. The Morgan fingerprint density at radius 1 is 1.41 bits per heavy atom. The number of hydrogen-bond acceptors (Lipinski definition) is 9. The average molecular weight is 398 g/mol. The first-order chi connectivity index (χ1) is 12.9. The second-order valence-corrected chi connectivity index (χ2v) is 6.12. The van der Waals surface area contributed by atoms with Crippen LogP contribution in [0.5, 0.6) is 5.75 Å². The summed E-state index contributed by atoms with van der Waals surface area (Å²) in [6.07, 6.45) is -2.37. The smallest absolute Gasteiger partial charge is 0.310 e. The van der Waals surface area contributed by atoms with E-state index < -0.39 is 37.1 Å². The highest BCUT2D eigenvalue weighted by molar-refractivity contribution is 6.30. The van der Waals surface area contributed by atoms with Gasteiger partial charge in [0.1, 0.15) is 30.4 Å². The maximum atomic E-state index is 12.0. The molecule has 144 valence electrons. The van der Waals surface area contributed by atoms with Crippen LogP contribution in [0.3, 0.4) is 0 Å². The van der Waals surface area contributed by atoms with Gasteiger partial charge in [-0.05, 0) is 18.2 Å². The number of hydrogen-bond donors (Lipinski definition) is 5. The molecule has 5 N–H and O–H groups in total. The quantitative estimate of drug-likeness (QED) is 0.317. The van der Waals surface area contributed by atoms with E-state index in [9.17, 15) is 20.1 Å². The molecule has 0 spiro atoms. The van der Waals surface area contributed by atoms with Crippen molar-refractivity contribution in [3.63, 3.8) is 0 Å². The molecule has 2 heterocycles. The number of carbonyl (C=O) groups excluding carboxylic acids is 1. The fourth-order valence-electron chi connectivity index (χ4n) is 2.44. The highest BCUT2D eigenvalue weighted by atomic mass is 35.5. The molecule has 0 bridgehead atoms. The molecular formula is C15H16ClN5O6. The van der Waals surface area contributed by atoms with Gasteiger partial charge in [-0.2, -0.15) is 5.10 Å². The number of ether oxygens (including phenoxy) is 1. The van der Waals surface area contributed by atoms with Crippen molar-refractivity contribution in [2.45, 2.75) is 24.5 Å². The van der Waals surface area contributed by atoms with Gasteiger partial charge in [-0.25, -0.2) is 15.1 Å². The Hall–Kier alpha value is -2.57. The standard InChI is InChI=1S/C15H16ClN5O6/c16-8-1-2-9(23)7(3-8)4-18-19-14(26)13-17-6-21(20-13)15-12(25)11(24)10(5-22)27-15/h1-4,6,10-12,15,22-25H,5H2,(H,19,26)/b18-4+/t10-,11-,12-,15-/m1/s1. The first kappa shape index (κ1) is 19.2. The summed E-state index contributed by atoms with van der Waals surface area (Å²) in [5, 5.41) is 46.4. The Balaban J connectivity index is 1.65. The molecule has 1 aliphatic rings. The van der Waals surface area contributed by atoms with E-state index in [1.807, 2.05) is 0 Å². The SMILES string of the molecule is O=C(N/N=C/c1cc(Cl)ccc1O)c1ncn([C@@H]2O[C@H](CO)[C@@H](O)[C@H]2O)n1. The Morgan fingerprint density at radius 2 is 2.19 bits per heavy atom. The summed E-state index contributed by atoms with van der Waals surface area (Å²) in [5.41, 5.74) is 2.48. The number of aromatic hydroxyl groups is 1. The number of aromatic nitrogens is 3. The molecule has 1 saturated heterocycles. The van der Waals surface area contributed by atoms with Gasteiger partial charge in [-0.15, -0.1) is 5.10 Å². The highest BCUT2D eigenvalue weighted by Gasteiger charge is 2.44. The minimum Gasteiger partial charge on any atom is -0.507 e. The number of amides is 1. The van der Waals surface area contributed by atoms with Crippen molar-refractivity contribution >= 4 is 23.7 Å². The predicted octanol–water partition coefficient (Wildman–Crippen LogP) is -0.988. The molecule has 0 radical (unpaired) electrons. The molecule has 27 heavy (non-hydrogen) atoms. The minimum absolute atomic E-state index is 0.0656. The van der Waals surface area contributed by atoms with Crippen LogP contribution in [-0.4, -0.2) is 72.2 Å². The topological polar surface area (TPSA) is 162 Å². The fourth-order valence-corrected chi connectivity index (χ4v) is 2.62. The number of nitrogens with one attached hydrogen (secondary N) is 1. The van der Waals surface area contributed by atoms with E-state index in [1.165, 1.54) is 24.4 Å². The molecule has 1 amide bonds. The summed E-state index contributed by atoms with van der Waals surface area (Å²) in [6, 6.07) is 4.35. The van der Waals surface area contributed by atoms with Crippen molar-refractivity contribution in [2.24, 2.45) is 5.10 Å². The van der Waals surface area contributed by atoms with Crippen molar-refractivity contribution in [3.8, 4) is 5.75 Å². The summed E-state index contributed by atoms with van der Waals surface area (Å²) in [4.78, 5) is 15.8. The lowest BCUT2D eigenvalue weighted by Crippen LogP contribution is -2.33. The van der Waals surface area contributed by atoms with Crippen LogP contribution in [0.15, 0.2) is 29.6 Å². The van der Waals surface area contributed by atoms with E-state index >= 15 is 0 Å². The second-order valence-electron chi connectivity index (χ2n) is 5.68. The van der Waals surface area contributed by atoms with Crippen molar-refractivity contribution in [3.05, 3.63) is 40.9 Å². The Kier molecular flexibility index (Phi) is 5.68. The second kappa shape index (κ2) is 7.98. The van der Waals surface area contributed by atoms with Crippen LogP contribution in [0.25, 0.3) is 0 Å². The maximum Gasteiger partial charge on any atom is 0.310 e. The summed E-state index contributed by atoms with van der Waals surface area (Å²) >= 11 is 5.81. The van der Waals surface area contributed by atoms with Crippen LogP contribution in [0.1, 0.15) is 22.4 Å². The van der Waals surface area contributed by atoms with E-state index in [-0.39, 0.29) is 11.6 Å². The number of phenolic OH excluding ortho intramolecular Hbond substituents is 1. The number of hydrazone groups is 1. The van der Waals surface area contributed by atoms with E-state index in [0.29, 0.717) is 10.6 Å². The number of halogens is 1. The number of nitrogens with zero attached hydrogens (tertiary/aromatic N) is 4. The van der Waals surface area contributed by atoms with Crippen molar-refractivity contribution < 1.29 is 30.0 Å². The lowest BCUT2D eigenvalue weighted by molar-refractivity contribution is -0.0588. The van der Waals surface area contributed by atoms with Crippen LogP contribution in [-0.2, 0) is 4.74 Å². The normalized spacial score (nSPS) is 25.2. The van der Waals surface area contributed by atoms with Gasteiger partial charge in [-0.3, -0.25) is 4.79 Å². The molecule has 1 fully saturated rings. The summed E-state index contributed by atoms with van der Waals surface area (Å²) in [7, 11) is 0. The molecule has 0 saturated carbocycles. The zero-order chi connectivity index (χ0) is 19.6. The number of aliphatic hydroxyl groups excluding tert-OH is 3. The molecule has 1 aliphatic heterocycles. The van der Waals surface area contributed by atoms with Gasteiger partial charge in [-0.1, -0.05) is 11.6 Å². The summed E-state index contributed by atoms with van der Waals surface area (Å²) in [5.74, 6) is -1.08. The lowest BCUT2D eigenvalue weighted by atomic mass is 10.1. The van der Waals surface area contributed by atoms with Crippen LogP contribution < -0.4 is 5.43 Å². The lowest BCUT2D eigenvalue weighted by Gasteiger charge is -2.13. The van der Waals surface area contributed by atoms with Crippen LogP contribution in [0, 0.1) is 0 Å². The van der Waals surface area contributed by atoms with E-state index in [2.05, 4.69) is 20.6 Å². The van der Waals surface area contributed by atoms with Crippen molar-refractivity contribution in [1.82, 2.24) is 20.2 Å². The monoisotopic (exact) mass is 397 g/mol. The Bertz CT molecular complexity index is 859. The third kappa shape index (κ3) is 4.07. The zero-order valence-corrected chi connectivity index (χ0v) is 14.4. The van der Waals surface area contributed by atoms with Crippen LogP contribution in [0.4, 0.5) is 0 Å². The zero-order valence-electron chi connectivity index (χ0n) is 13.7. The minimum atomic E-state index is -1.34. The molecule has 2 aromatic rings. The van der Waals surface area contributed by atoms with Gasteiger partial charge in [0.05, 0.1) is 12.8 Å². The van der Waals surface area contributed by atoms with E-state index in [4.69, 9.17) is 21.4 Å². The molecule has 11 nitrogen and oxygen atoms in total. The summed E-state index contributed by atoms with van der Waals surface area (Å²) < 4.78 is 6.35. The molecule has 1 aromatic carbocycles. The Labute approximate surface area is 157 Å². The first-order valence-electron chi connectivity index (χ1n) is 7.76. The van der Waals surface area contributed by atoms with Crippen LogP contribution >= 0.6 is 11.6 Å². The van der Waals surface area contributed by atoms with E-state index in [1.54, 1.807) is 0 Å². The number of carbonyl (C=O) groups is 1. The molecule has 0 unspecified atom stereocenters. The third-order valence-corrected chi connectivity index (χ3v) is 4.08. The molecular weight excluding hydrogens is 382 g/mol. The van der Waals surface area contributed by atoms with Crippen LogP contribution in [0.2, 0.25) is 5.02 Å². The molecule has 12 heteroatoms. The highest BCUT2D eigenvalue weighted by Crippen LogP contribution is 2.28. The molecule has 1 aromatic heterocycles.